The largest absolute Gasteiger partial charge is 0.334 e. The highest BCUT2D eigenvalue weighted by molar-refractivity contribution is 6.30. The van der Waals surface area contributed by atoms with Crippen molar-refractivity contribution in [1.82, 2.24) is 15.0 Å². The molecular formula is C14H17ClN4O. The summed E-state index contributed by atoms with van der Waals surface area (Å²) in [7, 11) is 0. The van der Waals surface area contributed by atoms with Gasteiger partial charge in [0.2, 0.25) is 0 Å². The van der Waals surface area contributed by atoms with E-state index >= 15 is 0 Å². The van der Waals surface area contributed by atoms with Crippen LogP contribution in [0, 0.1) is 0 Å². The third-order valence-electron chi connectivity index (χ3n) is 3.52. The zero-order valence-corrected chi connectivity index (χ0v) is 11.9. The zero-order valence-electron chi connectivity index (χ0n) is 11.1. The van der Waals surface area contributed by atoms with Crippen LogP contribution in [-0.2, 0) is 0 Å². The summed E-state index contributed by atoms with van der Waals surface area (Å²) in [5, 5.41) is 4.67. The van der Waals surface area contributed by atoms with Crippen molar-refractivity contribution in [1.29, 1.82) is 0 Å². The molecule has 1 aromatic heterocycles. The van der Waals surface area contributed by atoms with Gasteiger partial charge < -0.3 is 15.2 Å². The molecule has 0 radical (unpaired) electrons. The Balaban J connectivity index is 1.70. The number of likely N-dealkylation sites (tertiary alicyclic amines) is 1. The summed E-state index contributed by atoms with van der Waals surface area (Å²) in [6.07, 6.45) is 2.49. The van der Waals surface area contributed by atoms with Crippen molar-refractivity contribution in [3.8, 4) is 11.5 Å². The van der Waals surface area contributed by atoms with Crippen LogP contribution in [-0.4, -0.2) is 34.7 Å². The van der Waals surface area contributed by atoms with E-state index in [0.29, 0.717) is 16.7 Å². The van der Waals surface area contributed by atoms with Gasteiger partial charge in [0, 0.05) is 17.1 Å². The first-order valence-corrected chi connectivity index (χ1v) is 7.17. The summed E-state index contributed by atoms with van der Waals surface area (Å²) in [5.74, 6) is 1.04. The summed E-state index contributed by atoms with van der Waals surface area (Å²) >= 11 is 5.86. The van der Waals surface area contributed by atoms with Crippen molar-refractivity contribution in [2.75, 3.05) is 19.6 Å². The van der Waals surface area contributed by atoms with Crippen LogP contribution >= 0.6 is 11.6 Å². The summed E-state index contributed by atoms with van der Waals surface area (Å²) < 4.78 is 5.27. The lowest BCUT2D eigenvalue weighted by molar-refractivity contribution is 0.306. The SMILES string of the molecule is NC(CN1CCCC1)c1noc(-c2ccc(Cl)cc2)n1. The van der Waals surface area contributed by atoms with Gasteiger partial charge in [0.15, 0.2) is 5.82 Å². The van der Waals surface area contributed by atoms with Gasteiger partial charge in [-0.15, -0.1) is 0 Å². The van der Waals surface area contributed by atoms with Crippen molar-refractivity contribution < 1.29 is 4.52 Å². The maximum Gasteiger partial charge on any atom is 0.257 e. The lowest BCUT2D eigenvalue weighted by Crippen LogP contribution is -2.30. The molecule has 2 heterocycles. The van der Waals surface area contributed by atoms with Crippen molar-refractivity contribution >= 4 is 11.6 Å². The van der Waals surface area contributed by atoms with Crippen molar-refractivity contribution in [2.24, 2.45) is 5.73 Å². The highest BCUT2D eigenvalue weighted by atomic mass is 35.5. The Hall–Kier alpha value is -1.43. The Morgan fingerprint density at radius 2 is 1.95 bits per heavy atom. The topological polar surface area (TPSA) is 68.2 Å². The predicted molar refractivity (Wildman–Crippen MR) is 77.3 cm³/mol. The Labute approximate surface area is 122 Å². The zero-order chi connectivity index (χ0) is 13.9. The predicted octanol–water partition coefficient (Wildman–Crippen LogP) is 2.49. The summed E-state index contributed by atoms with van der Waals surface area (Å²) in [5.41, 5.74) is 6.99. The number of nitrogens with two attached hydrogens (primary N) is 1. The van der Waals surface area contributed by atoms with Crippen molar-refractivity contribution in [2.45, 2.75) is 18.9 Å². The smallest absolute Gasteiger partial charge is 0.257 e. The highest BCUT2D eigenvalue weighted by Crippen LogP contribution is 2.21. The standard InChI is InChI=1S/C14H17ClN4O/c15-11-5-3-10(4-6-11)14-17-13(18-20-14)12(16)9-19-7-1-2-8-19/h3-6,12H,1-2,7-9,16H2. The molecule has 1 fully saturated rings. The number of halogens is 1. The summed E-state index contributed by atoms with van der Waals surface area (Å²) in [6, 6.07) is 7.09. The molecule has 20 heavy (non-hydrogen) atoms. The lowest BCUT2D eigenvalue weighted by atomic mass is 10.2. The maximum absolute atomic E-state index is 6.14. The van der Waals surface area contributed by atoms with Gasteiger partial charge >= 0.3 is 0 Å². The molecule has 1 aromatic carbocycles. The third-order valence-corrected chi connectivity index (χ3v) is 3.77. The second kappa shape index (κ2) is 5.91. The minimum Gasteiger partial charge on any atom is -0.334 e. The van der Waals surface area contributed by atoms with E-state index in [2.05, 4.69) is 15.0 Å². The van der Waals surface area contributed by atoms with Gasteiger partial charge in [-0.3, -0.25) is 0 Å². The number of hydrogen-bond donors (Lipinski definition) is 1. The first-order chi connectivity index (χ1) is 9.72. The van der Waals surface area contributed by atoms with Gasteiger partial charge in [-0.25, -0.2) is 0 Å². The molecule has 6 heteroatoms. The van der Waals surface area contributed by atoms with E-state index in [1.165, 1.54) is 12.8 Å². The van der Waals surface area contributed by atoms with Gasteiger partial charge in [-0.1, -0.05) is 16.8 Å². The molecule has 0 bridgehead atoms. The van der Waals surface area contributed by atoms with Crippen LogP contribution < -0.4 is 5.73 Å². The third kappa shape index (κ3) is 3.00. The van der Waals surface area contributed by atoms with Gasteiger partial charge in [0.25, 0.3) is 5.89 Å². The van der Waals surface area contributed by atoms with E-state index in [1.54, 1.807) is 12.1 Å². The highest BCUT2D eigenvalue weighted by Gasteiger charge is 2.20. The van der Waals surface area contributed by atoms with Crippen LogP contribution in [0.3, 0.4) is 0 Å². The molecule has 2 N–H and O–H groups in total. The van der Waals surface area contributed by atoms with E-state index in [1.807, 2.05) is 12.1 Å². The van der Waals surface area contributed by atoms with E-state index < -0.39 is 0 Å². The first-order valence-electron chi connectivity index (χ1n) is 6.80. The van der Waals surface area contributed by atoms with Crippen molar-refractivity contribution in [3.05, 3.63) is 35.1 Å². The molecule has 1 saturated heterocycles. The number of nitrogens with zero attached hydrogens (tertiary/aromatic N) is 3. The molecule has 0 spiro atoms. The van der Waals surface area contributed by atoms with Crippen LogP contribution in [0.15, 0.2) is 28.8 Å². The first kappa shape index (κ1) is 13.5. The number of benzene rings is 1. The maximum atomic E-state index is 6.14. The minimum atomic E-state index is -0.210. The Kier molecular flexibility index (Phi) is 4.00. The Morgan fingerprint density at radius 3 is 2.65 bits per heavy atom. The normalized spacial score (nSPS) is 17.5. The molecule has 0 amide bonds. The molecule has 1 unspecified atom stereocenters. The van der Waals surface area contributed by atoms with Gasteiger partial charge in [-0.2, -0.15) is 4.98 Å². The van der Waals surface area contributed by atoms with E-state index in [4.69, 9.17) is 21.9 Å². The Bertz CT molecular complexity index is 563. The average Bonchev–Trinajstić information content (AvgIpc) is 3.10. The average molecular weight is 293 g/mol. The van der Waals surface area contributed by atoms with Crippen LogP contribution in [0.2, 0.25) is 5.02 Å². The molecule has 2 aromatic rings. The van der Waals surface area contributed by atoms with Crippen molar-refractivity contribution in [3.63, 3.8) is 0 Å². The van der Waals surface area contributed by atoms with E-state index in [-0.39, 0.29) is 6.04 Å². The van der Waals surface area contributed by atoms with Gasteiger partial charge in [0.1, 0.15) is 0 Å². The van der Waals surface area contributed by atoms with E-state index in [9.17, 15) is 0 Å². The minimum absolute atomic E-state index is 0.210. The van der Waals surface area contributed by atoms with E-state index in [0.717, 1.165) is 25.2 Å². The van der Waals surface area contributed by atoms with Crippen LogP contribution in [0.25, 0.3) is 11.5 Å². The number of rotatable bonds is 4. The van der Waals surface area contributed by atoms with Crippen LogP contribution in [0.5, 0.6) is 0 Å². The fraction of sp³-hybridized carbons (Fsp3) is 0.429. The fourth-order valence-electron chi connectivity index (χ4n) is 2.42. The second-order valence-electron chi connectivity index (χ2n) is 5.08. The fourth-order valence-corrected chi connectivity index (χ4v) is 2.55. The van der Waals surface area contributed by atoms with Crippen LogP contribution in [0.4, 0.5) is 0 Å². The molecule has 0 aliphatic carbocycles. The molecule has 1 aliphatic heterocycles. The summed E-state index contributed by atoms with van der Waals surface area (Å²) in [6.45, 7) is 2.99. The molecule has 0 saturated carbocycles. The molecule has 3 rings (SSSR count). The monoisotopic (exact) mass is 292 g/mol. The second-order valence-corrected chi connectivity index (χ2v) is 5.52. The summed E-state index contributed by atoms with van der Waals surface area (Å²) in [4.78, 5) is 6.72. The Morgan fingerprint density at radius 1 is 1.25 bits per heavy atom. The molecule has 1 aliphatic rings. The molecule has 106 valence electrons. The number of hydrogen-bond acceptors (Lipinski definition) is 5. The molecule has 1 atom stereocenters. The van der Waals surface area contributed by atoms with Gasteiger partial charge in [-0.05, 0) is 50.2 Å². The van der Waals surface area contributed by atoms with Crippen LogP contribution in [0.1, 0.15) is 24.7 Å². The lowest BCUT2D eigenvalue weighted by Gasteiger charge is -2.17. The number of aromatic nitrogens is 2. The molecule has 5 nitrogen and oxygen atoms in total. The molecular weight excluding hydrogens is 276 g/mol. The van der Waals surface area contributed by atoms with Gasteiger partial charge in [0.05, 0.1) is 6.04 Å². The quantitative estimate of drug-likeness (QED) is 0.937.